The molecule has 3 nitrogen and oxygen atoms in total. The zero-order valence-corrected chi connectivity index (χ0v) is 12.8. The first kappa shape index (κ1) is 14.1. The number of para-hydroxylation sites is 1. The Kier molecular flexibility index (Phi) is 4.20. The molecular formula is C18H23N3. The Morgan fingerprint density at radius 3 is 2.62 bits per heavy atom. The van der Waals surface area contributed by atoms with Gasteiger partial charge in [0.2, 0.25) is 0 Å². The SMILES string of the molecule is CCN(c1ccccc1)c1ncc(CNC2CC2)cc1C. The van der Waals surface area contributed by atoms with Gasteiger partial charge in [-0.25, -0.2) is 4.98 Å². The van der Waals surface area contributed by atoms with Gasteiger partial charge >= 0.3 is 0 Å². The maximum atomic E-state index is 4.71. The van der Waals surface area contributed by atoms with Gasteiger partial charge in [-0.15, -0.1) is 0 Å². The molecule has 0 bridgehead atoms. The van der Waals surface area contributed by atoms with Crippen LogP contribution in [0.15, 0.2) is 42.6 Å². The Labute approximate surface area is 127 Å². The number of pyridine rings is 1. The van der Waals surface area contributed by atoms with Crippen LogP contribution >= 0.6 is 0 Å². The molecule has 2 aromatic rings. The fourth-order valence-corrected chi connectivity index (χ4v) is 2.62. The second kappa shape index (κ2) is 6.27. The molecule has 1 aromatic carbocycles. The summed E-state index contributed by atoms with van der Waals surface area (Å²) in [6.45, 7) is 6.15. The number of hydrogen-bond donors (Lipinski definition) is 1. The molecule has 3 rings (SSSR count). The van der Waals surface area contributed by atoms with Gasteiger partial charge in [-0.2, -0.15) is 0 Å². The Hall–Kier alpha value is -1.87. The molecule has 0 unspecified atom stereocenters. The normalized spacial score (nSPS) is 14.2. The molecule has 1 fully saturated rings. The molecule has 1 N–H and O–H groups in total. The van der Waals surface area contributed by atoms with E-state index < -0.39 is 0 Å². The van der Waals surface area contributed by atoms with Crippen LogP contribution in [0.25, 0.3) is 0 Å². The van der Waals surface area contributed by atoms with E-state index in [1.807, 2.05) is 12.3 Å². The molecule has 1 aliphatic rings. The summed E-state index contributed by atoms with van der Waals surface area (Å²) in [4.78, 5) is 6.97. The van der Waals surface area contributed by atoms with Crippen LogP contribution in [0.2, 0.25) is 0 Å². The molecule has 0 saturated heterocycles. The highest BCUT2D eigenvalue weighted by Crippen LogP contribution is 2.26. The molecule has 1 heterocycles. The molecule has 0 spiro atoms. The maximum absolute atomic E-state index is 4.71. The topological polar surface area (TPSA) is 28.2 Å². The van der Waals surface area contributed by atoms with E-state index in [9.17, 15) is 0 Å². The number of nitrogens with zero attached hydrogens (tertiary/aromatic N) is 2. The van der Waals surface area contributed by atoms with Crippen molar-refractivity contribution in [3.8, 4) is 0 Å². The summed E-state index contributed by atoms with van der Waals surface area (Å²) in [5.74, 6) is 1.05. The summed E-state index contributed by atoms with van der Waals surface area (Å²) in [5.41, 5.74) is 3.70. The summed E-state index contributed by atoms with van der Waals surface area (Å²) in [5, 5.41) is 3.54. The summed E-state index contributed by atoms with van der Waals surface area (Å²) in [6, 6.07) is 13.4. The molecule has 0 radical (unpaired) electrons. The van der Waals surface area contributed by atoms with Gasteiger partial charge in [0, 0.05) is 31.0 Å². The van der Waals surface area contributed by atoms with Crippen molar-refractivity contribution in [2.45, 2.75) is 39.3 Å². The molecular weight excluding hydrogens is 258 g/mol. The van der Waals surface area contributed by atoms with Crippen molar-refractivity contribution < 1.29 is 0 Å². The lowest BCUT2D eigenvalue weighted by molar-refractivity contribution is 0.685. The fraction of sp³-hybridized carbons (Fsp3) is 0.389. The predicted octanol–water partition coefficient (Wildman–Crippen LogP) is 3.80. The van der Waals surface area contributed by atoms with Gasteiger partial charge in [-0.05, 0) is 56.0 Å². The van der Waals surface area contributed by atoms with Gasteiger partial charge < -0.3 is 10.2 Å². The number of aryl methyl sites for hydroxylation is 1. The number of nitrogens with one attached hydrogen (secondary N) is 1. The molecule has 21 heavy (non-hydrogen) atoms. The van der Waals surface area contributed by atoms with Gasteiger partial charge in [0.15, 0.2) is 0 Å². The van der Waals surface area contributed by atoms with E-state index in [1.165, 1.54) is 29.7 Å². The van der Waals surface area contributed by atoms with Crippen LogP contribution < -0.4 is 10.2 Å². The number of benzene rings is 1. The summed E-state index contributed by atoms with van der Waals surface area (Å²) in [6.07, 6.45) is 4.65. The maximum Gasteiger partial charge on any atom is 0.135 e. The standard InChI is InChI=1S/C18H23N3/c1-3-21(17-7-5-4-6-8-17)18-14(2)11-15(13-20-18)12-19-16-9-10-16/h4-8,11,13,16,19H,3,9-10,12H2,1-2H3. The molecule has 0 aliphatic heterocycles. The summed E-state index contributed by atoms with van der Waals surface area (Å²) in [7, 11) is 0. The van der Waals surface area contributed by atoms with Gasteiger partial charge in [-0.3, -0.25) is 0 Å². The number of hydrogen-bond acceptors (Lipinski definition) is 3. The van der Waals surface area contributed by atoms with Gasteiger partial charge in [0.25, 0.3) is 0 Å². The minimum atomic E-state index is 0.737. The van der Waals surface area contributed by atoms with Crippen LogP contribution in [0.5, 0.6) is 0 Å². The highest BCUT2D eigenvalue weighted by molar-refractivity contribution is 5.62. The van der Waals surface area contributed by atoms with Crippen LogP contribution in [-0.2, 0) is 6.54 Å². The van der Waals surface area contributed by atoms with E-state index in [-0.39, 0.29) is 0 Å². The molecule has 0 amide bonds. The van der Waals surface area contributed by atoms with Crippen molar-refractivity contribution in [2.24, 2.45) is 0 Å². The van der Waals surface area contributed by atoms with Gasteiger partial charge in [-0.1, -0.05) is 18.2 Å². The Morgan fingerprint density at radius 2 is 2.00 bits per heavy atom. The summed E-state index contributed by atoms with van der Waals surface area (Å²) < 4.78 is 0. The average Bonchev–Trinajstić information content (AvgIpc) is 3.33. The molecule has 3 heteroatoms. The van der Waals surface area contributed by atoms with Crippen molar-refractivity contribution in [1.82, 2.24) is 10.3 Å². The van der Waals surface area contributed by atoms with Gasteiger partial charge in [0.1, 0.15) is 5.82 Å². The van der Waals surface area contributed by atoms with Crippen molar-refractivity contribution in [2.75, 3.05) is 11.4 Å². The van der Waals surface area contributed by atoms with Crippen molar-refractivity contribution in [3.05, 3.63) is 53.7 Å². The largest absolute Gasteiger partial charge is 0.326 e. The van der Waals surface area contributed by atoms with E-state index in [0.717, 1.165) is 24.9 Å². The first-order valence-corrected chi connectivity index (χ1v) is 7.79. The minimum absolute atomic E-state index is 0.737. The Balaban J connectivity index is 1.79. The van der Waals surface area contributed by atoms with E-state index in [2.05, 4.69) is 54.4 Å². The quantitative estimate of drug-likeness (QED) is 0.873. The first-order valence-electron chi connectivity index (χ1n) is 7.79. The van der Waals surface area contributed by atoms with E-state index in [0.29, 0.717) is 0 Å². The highest BCUT2D eigenvalue weighted by Gasteiger charge is 2.20. The second-order valence-corrected chi connectivity index (χ2v) is 5.72. The van der Waals surface area contributed by atoms with Crippen LogP contribution in [0.1, 0.15) is 30.9 Å². The predicted molar refractivity (Wildman–Crippen MR) is 88.0 cm³/mol. The van der Waals surface area contributed by atoms with Crippen molar-refractivity contribution >= 4 is 11.5 Å². The van der Waals surface area contributed by atoms with Crippen LogP contribution in [-0.4, -0.2) is 17.6 Å². The van der Waals surface area contributed by atoms with Crippen LogP contribution in [0.3, 0.4) is 0 Å². The van der Waals surface area contributed by atoms with E-state index in [4.69, 9.17) is 4.98 Å². The van der Waals surface area contributed by atoms with Crippen LogP contribution in [0, 0.1) is 6.92 Å². The Morgan fingerprint density at radius 1 is 1.24 bits per heavy atom. The third kappa shape index (κ3) is 3.42. The van der Waals surface area contributed by atoms with E-state index in [1.54, 1.807) is 0 Å². The average molecular weight is 281 g/mol. The zero-order valence-electron chi connectivity index (χ0n) is 12.8. The number of aromatic nitrogens is 1. The van der Waals surface area contributed by atoms with Crippen LogP contribution in [0.4, 0.5) is 11.5 Å². The highest BCUT2D eigenvalue weighted by atomic mass is 15.2. The zero-order chi connectivity index (χ0) is 14.7. The van der Waals surface area contributed by atoms with E-state index >= 15 is 0 Å². The first-order chi connectivity index (χ1) is 10.3. The molecule has 1 aliphatic carbocycles. The lowest BCUT2D eigenvalue weighted by atomic mass is 10.1. The Bertz CT molecular complexity index is 591. The van der Waals surface area contributed by atoms with Crippen molar-refractivity contribution in [3.63, 3.8) is 0 Å². The number of rotatable bonds is 6. The lowest BCUT2D eigenvalue weighted by Crippen LogP contribution is -2.19. The number of anilines is 2. The molecule has 1 aromatic heterocycles. The monoisotopic (exact) mass is 281 g/mol. The van der Waals surface area contributed by atoms with Crippen molar-refractivity contribution in [1.29, 1.82) is 0 Å². The molecule has 1 saturated carbocycles. The fourth-order valence-electron chi connectivity index (χ4n) is 2.62. The third-order valence-corrected chi connectivity index (χ3v) is 3.92. The lowest BCUT2D eigenvalue weighted by Gasteiger charge is -2.24. The summed E-state index contributed by atoms with van der Waals surface area (Å²) >= 11 is 0. The molecule has 110 valence electrons. The second-order valence-electron chi connectivity index (χ2n) is 5.72. The minimum Gasteiger partial charge on any atom is -0.326 e. The smallest absolute Gasteiger partial charge is 0.135 e. The third-order valence-electron chi connectivity index (χ3n) is 3.92. The van der Waals surface area contributed by atoms with Gasteiger partial charge in [0.05, 0.1) is 0 Å². The molecule has 0 atom stereocenters.